The van der Waals surface area contributed by atoms with E-state index >= 15 is 0 Å². The molecule has 1 aromatic carbocycles. The van der Waals surface area contributed by atoms with Crippen molar-refractivity contribution in [2.45, 2.75) is 58.6 Å². The number of phenolic OH excluding ortho intramolecular Hbond substituents is 1. The molecule has 1 aliphatic rings. The van der Waals surface area contributed by atoms with Crippen LogP contribution >= 0.6 is 0 Å². The minimum atomic E-state index is -0.511. The van der Waals surface area contributed by atoms with Crippen LogP contribution in [0, 0.1) is 5.92 Å². The third kappa shape index (κ3) is 13.1. The van der Waals surface area contributed by atoms with Crippen molar-refractivity contribution < 1.29 is 43.2 Å². The summed E-state index contributed by atoms with van der Waals surface area (Å²) in [7, 11) is 1.32. The maximum absolute atomic E-state index is 13.1. The molecule has 1 atom stereocenters. The fourth-order valence-electron chi connectivity index (χ4n) is 4.06. The van der Waals surface area contributed by atoms with Gasteiger partial charge in [0.1, 0.15) is 11.4 Å². The van der Waals surface area contributed by atoms with Gasteiger partial charge >= 0.3 is 12.1 Å². The molecule has 0 bridgehead atoms. The lowest BCUT2D eigenvalue weighted by Crippen LogP contribution is -2.36. The minimum absolute atomic E-state index is 0.0205. The Morgan fingerprint density at radius 2 is 1.64 bits per heavy atom. The first-order valence-corrected chi connectivity index (χ1v) is 13.5. The molecule has 11 heteroatoms. The summed E-state index contributed by atoms with van der Waals surface area (Å²) < 4.78 is 26.6. The molecule has 1 aliphatic heterocycles. The Labute approximate surface area is 231 Å². The van der Waals surface area contributed by atoms with E-state index in [1.807, 2.05) is 26.8 Å². The van der Waals surface area contributed by atoms with Gasteiger partial charge in [0.2, 0.25) is 5.91 Å². The Kier molecular flexibility index (Phi) is 14.0. The van der Waals surface area contributed by atoms with Crippen molar-refractivity contribution in [2.24, 2.45) is 5.92 Å². The van der Waals surface area contributed by atoms with Crippen molar-refractivity contribution in [3.63, 3.8) is 0 Å². The number of hydrogen-bond donors (Lipinski definition) is 2. The predicted octanol–water partition coefficient (Wildman–Crippen LogP) is 2.81. The number of methoxy groups -OCH3 is 1. The van der Waals surface area contributed by atoms with E-state index in [0.29, 0.717) is 78.5 Å². The summed E-state index contributed by atoms with van der Waals surface area (Å²) in [6.45, 7) is 9.50. The quantitative estimate of drug-likeness (QED) is 0.235. The molecule has 1 aromatic rings. The van der Waals surface area contributed by atoms with Crippen LogP contribution in [0.3, 0.4) is 0 Å². The van der Waals surface area contributed by atoms with Gasteiger partial charge in [0.25, 0.3) is 0 Å². The molecule has 0 radical (unpaired) electrons. The van der Waals surface area contributed by atoms with Gasteiger partial charge in [-0.05, 0) is 63.3 Å². The van der Waals surface area contributed by atoms with Crippen LogP contribution in [0.15, 0.2) is 18.2 Å². The molecule has 39 heavy (non-hydrogen) atoms. The van der Waals surface area contributed by atoms with Gasteiger partial charge in [-0.15, -0.1) is 0 Å². The number of rotatable bonds is 16. The summed E-state index contributed by atoms with van der Waals surface area (Å²) in [6.07, 6.45) is 1.33. The van der Waals surface area contributed by atoms with E-state index in [2.05, 4.69) is 5.32 Å². The van der Waals surface area contributed by atoms with Crippen LogP contribution in [0.25, 0.3) is 0 Å². The van der Waals surface area contributed by atoms with Crippen LogP contribution in [0.4, 0.5) is 4.79 Å². The van der Waals surface area contributed by atoms with E-state index in [1.165, 1.54) is 7.11 Å². The number of carbonyl (C=O) groups is 3. The fourth-order valence-corrected chi connectivity index (χ4v) is 4.06. The summed E-state index contributed by atoms with van der Waals surface area (Å²) in [6, 6.07) is 5.08. The van der Waals surface area contributed by atoms with Gasteiger partial charge in [-0.25, -0.2) is 4.79 Å². The van der Waals surface area contributed by atoms with Gasteiger partial charge < -0.3 is 39.0 Å². The highest BCUT2D eigenvalue weighted by Gasteiger charge is 2.31. The number of ether oxygens (including phenoxy) is 5. The van der Waals surface area contributed by atoms with Crippen LogP contribution in [0.2, 0.25) is 0 Å². The Morgan fingerprint density at radius 3 is 2.28 bits per heavy atom. The minimum Gasteiger partial charge on any atom is -0.508 e. The molecule has 11 nitrogen and oxygen atoms in total. The van der Waals surface area contributed by atoms with Gasteiger partial charge in [-0.2, -0.15) is 0 Å². The summed E-state index contributed by atoms with van der Waals surface area (Å²) >= 11 is 0. The number of hydrogen-bond acceptors (Lipinski definition) is 9. The zero-order valence-electron chi connectivity index (χ0n) is 23.7. The molecule has 2 amide bonds. The number of aromatic hydroxyl groups is 1. The maximum atomic E-state index is 13.1. The van der Waals surface area contributed by atoms with Gasteiger partial charge in [-0.3, -0.25) is 9.59 Å². The van der Waals surface area contributed by atoms with Crippen molar-refractivity contribution in [3.05, 3.63) is 29.3 Å². The Bertz CT molecular complexity index is 917. The maximum Gasteiger partial charge on any atom is 0.407 e. The number of alkyl carbamates (subject to hydrolysis) is 1. The fraction of sp³-hybridized carbons (Fsp3) is 0.679. The van der Waals surface area contributed by atoms with Crippen molar-refractivity contribution in [3.8, 4) is 5.75 Å². The molecule has 1 unspecified atom stereocenters. The zero-order chi connectivity index (χ0) is 28.7. The normalized spacial score (nSPS) is 15.4. The van der Waals surface area contributed by atoms with Crippen LogP contribution in [-0.4, -0.2) is 93.4 Å². The molecule has 2 rings (SSSR count). The molecule has 0 spiro atoms. The highest BCUT2D eigenvalue weighted by Crippen LogP contribution is 2.28. The van der Waals surface area contributed by atoms with Gasteiger partial charge in [0.15, 0.2) is 0 Å². The van der Waals surface area contributed by atoms with E-state index in [9.17, 15) is 19.5 Å². The van der Waals surface area contributed by atoms with Gasteiger partial charge in [0.05, 0.1) is 45.9 Å². The van der Waals surface area contributed by atoms with Gasteiger partial charge in [0, 0.05) is 32.8 Å². The molecule has 0 saturated carbocycles. The lowest BCUT2D eigenvalue weighted by atomic mass is 9.94. The van der Waals surface area contributed by atoms with Gasteiger partial charge in [-0.1, -0.05) is 6.07 Å². The number of esters is 1. The number of phenols is 1. The number of nitrogens with one attached hydrogen (secondary N) is 1. The lowest BCUT2D eigenvalue weighted by Gasteiger charge is -2.24. The highest BCUT2D eigenvalue weighted by atomic mass is 16.6. The first-order valence-electron chi connectivity index (χ1n) is 13.5. The average molecular weight is 553 g/mol. The van der Waals surface area contributed by atoms with E-state index in [4.69, 9.17) is 23.7 Å². The Balaban J connectivity index is 1.56. The highest BCUT2D eigenvalue weighted by molar-refractivity contribution is 5.84. The molecule has 0 saturated heterocycles. The van der Waals surface area contributed by atoms with Crippen LogP contribution in [0.5, 0.6) is 5.75 Å². The lowest BCUT2D eigenvalue weighted by molar-refractivity contribution is -0.147. The summed E-state index contributed by atoms with van der Waals surface area (Å²) in [5, 5.41) is 12.6. The van der Waals surface area contributed by atoms with Crippen LogP contribution in [-0.2, 0) is 46.2 Å². The molecular formula is C28H44N2O9. The van der Waals surface area contributed by atoms with Crippen molar-refractivity contribution in [1.82, 2.24) is 10.2 Å². The second kappa shape index (κ2) is 16.9. The first kappa shape index (κ1) is 32.3. The largest absolute Gasteiger partial charge is 0.508 e. The van der Waals surface area contributed by atoms with Crippen molar-refractivity contribution in [1.29, 1.82) is 0 Å². The molecule has 1 heterocycles. The standard InChI is InChI=1S/C28H44N2O9/c1-28(2,3)39-27(34)29-9-5-11-36-13-15-38-16-14-37-12-6-10-30-20-23-18-24(31)8-7-21(23)17-22(26(30)33)19-25(32)35-4/h7-8,18,22,31H,5-6,9-17,19-20H2,1-4H3,(H,29,34). The number of fused-ring (bicyclic) bond motifs is 1. The second-order valence-corrected chi connectivity index (χ2v) is 10.4. The van der Waals surface area contributed by atoms with E-state index in [1.54, 1.807) is 17.0 Å². The molecule has 220 valence electrons. The zero-order valence-corrected chi connectivity index (χ0v) is 23.7. The third-order valence-electron chi connectivity index (χ3n) is 5.91. The SMILES string of the molecule is COC(=O)CC1Cc2ccc(O)cc2CN(CCCOCCOCCOCCCNC(=O)OC(C)(C)C)C1=O. The summed E-state index contributed by atoms with van der Waals surface area (Å²) in [5.74, 6) is -0.864. The topological polar surface area (TPSA) is 133 Å². The first-order chi connectivity index (χ1) is 18.6. The predicted molar refractivity (Wildman–Crippen MR) is 143 cm³/mol. The molecular weight excluding hydrogens is 508 g/mol. The van der Waals surface area contributed by atoms with Crippen molar-refractivity contribution in [2.75, 3.05) is 59.8 Å². The van der Waals surface area contributed by atoms with E-state index in [0.717, 1.165) is 11.1 Å². The Morgan fingerprint density at radius 1 is 1.00 bits per heavy atom. The smallest absolute Gasteiger partial charge is 0.407 e. The number of benzene rings is 1. The van der Waals surface area contributed by atoms with E-state index in [-0.39, 0.29) is 18.1 Å². The van der Waals surface area contributed by atoms with Crippen LogP contribution in [0.1, 0.15) is 51.2 Å². The van der Waals surface area contributed by atoms with Crippen molar-refractivity contribution >= 4 is 18.0 Å². The Hall–Kier alpha value is -2.89. The molecule has 0 fully saturated rings. The molecule has 0 aromatic heterocycles. The monoisotopic (exact) mass is 552 g/mol. The number of amides is 2. The molecule has 0 aliphatic carbocycles. The third-order valence-corrected chi connectivity index (χ3v) is 5.91. The summed E-state index contributed by atoms with van der Waals surface area (Å²) in [5.41, 5.74) is 1.32. The number of nitrogens with zero attached hydrogens (tertiary/aromatic N) is 1. The van der Waals surface area contributed by atoms with Crippen LogP contribution < -0.4 is 5.32 Å². The van der Waals surface area contributed by atoms with E-state index < -0.39 is 23.6 Å². The summed E-state index contributed by atoms with van der Waals surface area (Å²) in [4.78, 5) is 38.3. The average Bonchev–Trinajstić information content (AvgIpc) is 2.99. The number of carbonyl (C=O) groups excluding carboxylic acids is 3. The molecule has 2 N–H and O–H groups in total. The second-order valence-electron chi connectivity index (χ2n) is 10.4.